The molecule has 1 aromatic rings. The van der Waals surface area contributed by atoms with Crippen molar-refractivity contribution in [2.45, 2.75) is 45.5 Å². The average molecular weight is 338 g/mol. The van der Waals surface area contributed by atoms with Gasteiger partial charge in [0.05, 0.1) is 12.2 Å². The van der Waals surface area contributed by atoms with E-state index in [0.717, 1.165) is 25.8 Å². The molecule has 0 fully saturated rings. The zero-order valence-corrected chi connectivity index (χ0v) is 13.7. The van der Waals surface area contributed by atoms with Crippen molar-refractivity contribution in [2.75, 3.05) is 6.61 Å². The minimum atomic E-state index is -3.13. The van der Waals surface area contributed by atoms with Gasteiger partial charge in [-0.2, -0.15) is 8.78 Å². The van der Waals surface area contributed by atoms with Crippen molar-refractivity contribution >= 4 is 11.9 Å². The van der Waals surface area contributed by atoms with Gasteiger partial charge in [0.25, 0.3) is 11.8 Å². The number of allylic oxidation sites excluding steroid dienone is 1. The van der Waals surface area contributed by atoms with E-state index in [9.17, 15) is 18.4 Å². The molecule has 0 atom stereocenters. The van der Waals surface area contributed by atoms with Gasteiger partial charge in [0.2, 0.25) is 0 Å². The van der Waals surface area contributed by atoms with Gasteiger partial charge in [-0.05, 0) is 44.7 Å². The van der Waals surface area contributed by atoms with Crippen LogP contribution in [0.25, 0.3) is 0 Å². The van der Waals surface area contributed by atoms with Crippen LogP contribution in [0.15, 0.2) is 29.6 Å². The highest BCUT2D eigenvalue weighted by Crippen LogP contribution is 2.26. The van der Waals surface area contributed by atoms with Gasteiger partial charge in [-0.15, -0.1) is 0 Å². The smallest absolute Gasteiger partial charge is 0.335 e. The molecule has 0 aliphatic heterocycles. The van der Waals surface area contributed by atoms with Crippen LogP contribution in [-0.2, 0) is 15.5 Å². The molecule has 1 aliphatic rings. The van der Waals surface area contributed by atoms with Gasteiger partial charge in [-0.25, -0.2) is 4.79 Å². The van der Waals surface area contributed by atoms with Crippen LogP contribution in [0.5, 0.6) is 0 Å². The summed E-state index contributed by atoms with van der Waals surface area (Å²) in [5.41, 5.74) is 0.555. The van der Waals surface area contributed by atoms with Crippen LogP contribution in [-0.4, -0.2) is 23.5 Å². The van der Waals surface area contributed by atoms with Crippen molar-refractivity contribution < 1.29 is 23.1 Å². The third kappa shape index (κ3) is 4.37. The molecule has 1 aliphatic carbocycles. The minimum Gasteiger partial charge on any atom is -0.463 e. The van der Waals surface area contributed by atoms with Crippen molar-refractivity contribution in [1.82, 2.24) is 10.3 Å². The number of carbonyl (C=O) groups is 2. The number of nitrogens with zero attached hydrogens (tertiary/aromatic N) is 1. The quantitative estimate of drug-likeness (QED) is 0.836. The number of hydrogen-bond acceptors (Lipinski definition) is 4. The van der Waals surface area contributed by atoms with Gasteiger partial charge in [-0.3, -0.25) is 9.78 Å². The lowest BCUT2D eigenvalue weighted by atomic mass is 9.96. The summed E-state index contributed by atoms with van der Waals surface area (Å²) in [4.78, 5) is 27.9. The molecular formula is C17H20F2N2O3. The number of hydrogen-bond donors (Lipinski definition) is 1. The second-order valence-corrected chi connectivity index (χ2v) is 5.66. The first-order valence-corrected chi connectivity index (χ1v) is 7.87. The van der Waals surface area contributed by atoms with Crippen molar-refractivity contribution in [3.05, 3.63) is 40.9 Å². The lowest BCUT2D eigenvalue weighted by Gasteiger charge is -2.20. The van der Waals surface area contributed by atoms with Gasteiger partial charge in [0, 0.05) is 24.4 Å². The molecule has 1 N–H and O–H groups in total. The number of nitrogens with one attached hydrogen (secondary N) is 1. The molecule has 0 saturated carbocycles. The zero-order chi connectivity index (χ0) is 17.7. The van der Waals surface area contributed by atoms with E-state index in [2.05, 4.69) is 10.3 Å². The molecule has 0 bridgehead atoms. The first-order valence-electron chi connectivity index (χ1n) is 7.87. The summed E-state index contributed by atoms with van der Waals surface area (Å²) in [6, 6.07) is 2.42. The Balaban J connectivity index is 2.22. The monoisotopic (exact) mass is 338 g/mol. The van der Waals surface area contributed by atoms with E-state index >= 15 is 0 Å². The summed E-state index contributed by atoms with van der Waals surface area (Å²) >= 11 is 0. The Morgan fingerprint density at radius 2 is 2.04 bits per heavy atom. The molecule has 7 heteroatoms. The second kappa shape index (κ2) is 7.51. The van der Waals surface area contributed by atoms with Gasteiger partial charge in [0.1, 0.15) is 5.69 Å². The lowest BCUT2D eigenvalue weighted by molar-refractivity contribution is -0.138. The van der Waals surface area contributed by atoms with Crippen molar-refractivity contribution in [3.8, 4) is 0 Å². The van der Waals surface area contributed by atoms with Crippen molar-refractivity contribution in [1.29, 1.82) is 0 Å². The number of rotatable bonds is 5. The summed E-state index contributed by atoms with van der Waals surface area (Å²) in [7, 11) is 0. The molecule has 1 amide bonds. The summed E-state index contributed by atoms with van der Waals surface area (Å²) in [6.45, 7) is 2.69. The predicted molar refractivity (Wildman–Crippen MR) is 83.4 cm³/mol. The van der Waals surface area contributed by atoms with Crippen LogP contribution in [0.3, 0.4) is 0 Å². The molecule has 0 unspecified atom stereocenters. The number of aromatic nitrogens is 1. The summed E-state index contributed by atoms with van der Waals surface area (Å²) in [5, 5.41) is 2.67. The number of halogens is 2. The number of amides is 1. The SMILES string of the molecule is CCOC(=O)C1=C(NC(=O)c2ccnc(C(C)(F)F)c2)CCCC1. The zero-order valence-electron chi connectivity index (χ0n) is 13.7. The maximum absolute atomic E-state index is 13.3. The Morgan fingerprint density at radius 3 is 2.71 bits per heavy atom. The minimum absolute atomic E-state index is 0.0720. The number of alkyl halides is 2. The molecule has 0 saturated heterocycles. The van der Waals surface area contributed by atoms with Crippen LogP contribution >= 0.6 is 0 Å². The van der Waals surface area contributed by atoms with Crippen LogP contribution in [0.1, 0.15) is 55.6 Å². The molecular weight excluding hydrogens is 318 g/mol. The Morgan fingerprint density at radius 1 is 1.33 bits per heavy atom. The van der Waals surface area contributed by atoms with Gasteiger partial charge in [0.15, 0.2) is 0 Å². The van der Waals surface area contributed by atoms with Gasteiger partial charge < -0.3 is 10.1 Å². The van der Waals surface area contributed by atoms with E-state index in [1.54, 1.807) is 6.92 Å². The van der Waals surface area contributed by atoms with E-state index in [1.165, 1.54) is 12.3 Å². The fourth-order valence-electron chi connectivity index (χ4n) is 2.51. The first-order chi connectivity index (χ1) is 11.3. The van der Waals surface area contributed by atoms with E-state index in [4.69, 9.17) is 4.74 Å². The number of pyridine rings is 1. The van der Waals surface area contributed by atoms with Crippen LogP contribution in [0, 0.1) is 0 Å². The number of esters is 1. The molecule has 0 spiro atoms. The molecule has 1 heterocycles. The molecule has 24 heavy (non-hydrogen) atoms. The summed E-state index contributed by atoms with van der Waals surface area (Å²) < 4.78 is 31.7. The highest BCUT2D eigenvalue weighted by molar-refractivity contribution is 5.97. The molecule has 130 valence electrons. The van der Waals surface area contributed by atoms with E-state index < -0.39 is 23.5 Å². The molecule has 5 nitrogen and oxygen atoms in total. The van der Waals surface area contributed by atoms with Crippen molar-refractivity contribution in [2.24, 2.45) is 0 Å². The number of ether oxygens (including phenoxy) is 1. The van der Waals surface area contributed by atoms with Crippen molar-refractivity contribution in [3.63, 3.8) is 0 Å². The maximum atomic E-state index is 13.3. The van der Waals surface area contributed by atoms with Gasteiger partial charge >= 0.3 is 5.97 Å². The molecule has 0 aromatic carbocycles. The normalized spacial score (nSPS) is 15.2. The Bertz CT molecular complexity index is 666. The first kappa shape index (κ1) is 18.0. The van der Waals surface area contributed by atoms with Crippen LogP contribution in [0.4, 0.5) is 8.78 Å². The lowest BCUT2D eigenvalue weighted by Crippen LogP contribution is -2.28. The Kier molecular flexibility index (Phi) is 5.64. The Hall–Kier alpha value is -2.31. The number of carbonyl (C=O) groups excluding carboxylic acids is 2. The molecule has 0 radical (unpaired) electrons. The highest BCUT2D eigenvalue weighted by atomic mass is 19.3. The molecule has 2 rings (SSSR count). The van der Waals surface area contributed by atoms with E-state index in [0.29, 0.717) is 24.1 Å². The third-order valence-electron chi connectivity index (χ3n) is 3.73. The largest absolute Gasteiger partial charge is 0.463 e. The molecule has 1 aromatic heterocycles. The fourth-order valence-corrected chi connectivity index (χ4v) is 2.51. The fraction of sp³-hybridized carbons (Fsp3) is 0.471. The van der Waals surface area contributed by atoms with E-state index in [1.807, 2.05) is 0 Å². The third-order valence-corrected chi connectivity index (χ3v) is 3.73. The second-order valence-electron chi connectivity index (χ2n) is 5.66. The Labute approximate surface area is 139 Å². The summed E-state index contributed by atoms with van der Waals surface area (Å²) in [5.74, 6) is -4.11. The van der Waals surface area contributed by atoms with Crippen LogP contribution < -0.4 is 5.32 Å². The highest BCUT2D eigenvalue weighted by Gasteiger charge is 2.27. The summed E-state index contributed by atoms with van der Waals surface area (Å²) in [6.07, 6.45) is 3.93. The topological polar surface area (TPSA) is 68.3 Å². The van der Waals surface area contributed by atoms with E-state index in [-0.39, 0.29) is 12.2 Å². The maximum Gasteiger partial charge on any atom is 0.335 e. The van der Waals surface area contributed by atoms with Crippen LogP contribution in [0.2, 0.25) is 0 Å². The van der Waals surface area contributed by atoms with Gasteiger partial charge in [-0.1, -0.05) is 0 Å². The standard InChI is InChI=1S/C17H20F2N2O3/c1-3-24-16(23)12-6-4-5-7-13(12)21-15(22)11-8-9-20-14(10-11)17(2,18)19/h8-10H,3-7H2,1-2H3,(H,21,22). The average Bonchev–Trinajstić information content (AvgIpc) is 2.55. The predicted octanol–water partition coefficient (Wildman–Crippen LogP) is 3.31.